The maximum atomic E-state index is 5.98. The Labute approximate surface area is 172 Å². The van der Waals surface area contributed by atoms with Gasteiger partial charge in [-0.1, -0.05) is 18.2 Å². The highest BCUT2D eigenvalue weighted by Crippen LogP contribution is 2.21. The minimum Gasteiger partial charge on any atom is -0.379 e. The van der Waals surface area contributed by atoms with E-state index in [9.17, 15) is 0 Å². The maximum Gasteiger partial charge on any atom is 0.188 e. The van der Waals surface area contributed by atoms with Gasteiger partial charge in [0.15, 0.2) is 5.96 Å². The number of aliphatic imine (C=N–C) groups is 1. The van der Waals surface area contributed by atoms with Gasteiger partial charge in [0.25, 0.3) is 0 Å². The number of benzene rings is 1. The van der Waals surface area contributed by atoms with E-state index in [4.69, 9.17) is 10.5 Å². The van der Waals surface area contributed by atoms with Crippen LogP contribution >= 0.6 is 24.0 Å². The average Bonchev–Trinajstić information content (AvgIpc) is 2.95. The number of aromatic nitrogens is 1. The number of rotatable bonds is 7. The summed E-state index contributed by atoms with van der Waals surface area (Å²) in [4.78, 5) is 10.3. The van der Waals surface area contributed by atoms with Crippen LogP contribution in [0.1, 0.15) is 17.7 Å². The van der Waals surface area contributed by atoms with Gasteiger partial charge in [0.05, 0.1) is 13.2 Å². The fraction of sp³-hybridized carbons (Fsp3) is 0.526. The molecule has 0 atom stereocenters. The van der Waals surface area contributed by atoms with E-state index in [2.05, 4.69) is 51.4 Å². The monoisotopic (exact) mass is 471 g/mol. The fourth-order valence-corrected chi connectivity index (χ4v) is 3.35. The lowest BCUT2D eigenvalue weighted by atomic mass is 10.1. The molecule has 3 rings (SSSR count). The van der Waals surface area contributed by atoms with E-state index in [1.807, 2.05) is 0 Å². The topological polar surface area (TPSA) is 78.7 Å². The molecular weight excluding hydrogens is 441 g/mol. The Morgan fingerprint density at radius 1 is 1.31 bits per heavy atom. The number of hydrogen-bond donors (Lipinski definition) is 3. The number of hydrogen-bond acceptors (Lipinski definition) is 3. The van der Waals surface area contributed by atoms with Crippen molar-refractivity contribution in [2.75, 3.05) is 45.9 Å². The molecular formula is C19H30IN5O. The molecule has 0 saturated carbocycles. The van der Waals surface area contributed by atoms with Gasteiger partial charge < -0.3 is 20.8 Å². The summed E-state index contributed by atoms with van der Waals surface area (Å²) in [5.41, 5.74) is 9.75. The predicted octanol–water partition coefficient (Wildman–Crippen LogP) is 2.26. The molecule has 6 nitrogen and oxygen atoms in total. The number of nitrogens with two attached hydrogens (primary N) is 1. The van der Waals surface area contributed by atoms with Crippen LogP contribution in [0.2, 0.25) is 0 Å². The second-order valence-electron chi connectivity index (χ2n) is 6.53. The number of nitrogens with zero attached hydrogens (tertiary/aromatic N) is 2. The first-order valence-electron chi connectivity index (χ1n) is 9.14. The Kier molecular flexibility index (Phi) is 8.67. The highest BCUT2D eigenvalue weighted by Gasteiger charge is 2.09. The van der Waals surface area contributed by atoms with Crippen LogP contribution < -0.4 is 11.1 Å². The molecule has 144 valence electrons. The van der Waals surface area contributed by atoms with Gasteiger partial charge in [0.2, 0.25) is 0 Å². The van der Waals surface area contributed by atoms with Crippen molar-refractivity contribution in [3.63, 3.8) is 0 Å². The molecule has 0 amide bonds. The maximum absolute atomic E-state index is 5.98. The third-order valence-electron chi connectivity index (χ3n) is 4.73. The zero-order chi connectivity index (χ0) is 17.5. The normalized spacial score (nSPS) is 15.8. The third-order valence-corrected chi connectivity index (χ3v) is 4.73. The van der Waals surface area contributed by atoms with Gasteiger partial charge in [-0.25, -0.2) is 0 Å². The summed E-state index contributed by atoms with van der Waals surface area (Å²) in [6, 6.07) is 8.42. The van der Waals surface area contributed by atoms with Crippen LogP contribution in [0.25, 0.3) is 10.9 Å². The molecule has 7 heteroatoms. The molecule has 1 fully saturated rings. The average molecular weight is 471 g/mol. The number of morpholine rings is 1. The molecule has 2 heterocycles. The first-order chi connectivity index (χ1) is 12.2. The molecule has 1 aliphatic heterocycles. The van der Waals surface area contributed by atoms with Crippen molar-refractivity contribution >= 4 is 40.8 Å². The third kappa shape index (κ3) is 5.85. The minimum atomic E-state index is 0. The quantitative estimate of drug-likeness (QED) is 0.251. The first-order valence-corrected chi connectivity index (χ1v) is 9.14. The van der Waals surface area contributed by atoms with Gasteiger partial charge in [-0.15, -0.1) is 24.0 Å². The Hall–Kier alpha value is -1.32. The Morgan fingerprint density at radius 3 is 2.88 bits per heavy atom. The van der Waals surface area contributed by atoms with Crippen molar-refractivity contribution in [2.45, 2.75) is 19.8 Å². The van der Waals surface area contributed by atoms with Crippen LogP contribution in [0.4, 0.5) is 0 Å². The van der Waals surface area contributed by atoms with Gasteiger partial charge in [-0.05, 0) is 31.4 Å². The van der Waals surface area contributed by atoms with Crippen molar-refractivity contribution < 1.29 is 4.74 Å². The number of fused-ring (bicyclic) bond motifs is 1. The van der Waals surface area contributed by atoms with Gasteiger partial charge in [-0.3, -0.25) is 9.89 Å². The number of ether oxygens (including phenoxy) is 1. The van der Waals surface area contributed by atoms with E-state index in [-0.39, 0.29) is 24.0 Å². The molecule has 0 spiro atoms. The van der Waals surface area contributed by atoms with Crippen molar-refractivity contribution in [3.05, 3.63) is 35.5 Å². The Bertz CT molecular complexity index is 709. The predicted molar refractivity (Wildman–Crippen MR) is 119 cm³/mol. The molecule has 1 aromatic heterocycles. The number of nitrogens with one attached hydrogen (secondary N) is 2. The molecule has 2 aromatic rings. The van der Waals surface area contributed by atoms with E-state index in [1.54, 1.807) is 0 Å². The lowest BCUT2D eigenvalue weighted by Gasteiger charge is -2.26. The summed E-state index contributed by atoms with van der Waals surface area (Å²) in [6.45, 7) is 8.50. The summed E-state index contributed by atoms with van der Waals surface area (Å²) >= 11 is 0. The van der Waals surface area contributed by atoms with Gasteiger partial charge in [-0.2, -0.15) is 0 Å². The van der Waals surface area contributed by atoms with Crippen molar-refractivity contribution in [1.82, 2.24) is 15.2 Å². The second kappa shape index (κ2) is 10.7. The van der Waals surface area contributed by atoms with Gasteiger partial charge >= 0.3 is 0 Å². The smallest absolute Gasteiger partial charge is 0.188 e. The highest BCUT2D eigenvalue weighted by atomic mass is 127. The minimum absolute atomic E-state index is 0. The summed E-state index contributed by atoms with van der Waals surface area (Å²) in [5.74, 6) is 0.541. The van der Waals surface area contributed by atoms with Crippen LogP contribution in [0, 0.1) is 6.92 Å². The van der Waals surface area contributed by atoms with E-state index in [0.29, 0.717) is 5.96 Å². The summed E-state index contributed by atoms with van der Waals surface area (Å²) in [5, 5.41) is 4.53. The molecule has 0 radical (unpaired) electrons. The van der Waals surface area contributed by atoms with Crippen molar-refractivity contribution in [1.29, 1.82) is 0 Å². The van der Waals surface area contributed by atoms with Crippen molar-refractivity contribution in [2.24, 2.45) is 10.7 Å². The number of guanidine groups is 1. The Balaban J connectivity index is 0.00000243. The summed E-state index contributed by atoms with van der Waals surface area (Å²) in [6.07, 6.45) is 1.96. The first kappa shape index (κ1) is 21.0. The molecule has 1 saturated heterocycles. The number of halogens is 1. The Morgan fingerprint density at radius 2 is 2.08 bits per heavy atom. The summed E-state index contributed by atoms with van der Waals surface area (Å²) in [7, 11) is 0. The van der Waals surface area contributed by atoms with Crippen LogP contribution in [0.5, 0.6) is 0 Å². The number of H-pyrrole nitrogens is 1. The fourth-order valence-electron chi connectivity index (χ4n) is 3.35. The molecule has 26 heavy (non-hydrogen) atoms. The van der Waals surface area contributed by atoms with Crippen molar-refractivity contribution in [3.8, 4) is 0 Å². The zero-order valence-corrected chi connectivity index (χ0v) is 17.8. The van der Waals surface area contributed by atoms with E-state index >= 15 is 0 Å². The number of aryl methyl sites for hydroxylation is 1. The summed E-state index contributed by atoms with van der Waals surface area (Å²) < 4.78 is 5.35. The van der Waals surface area contributed by atoms with E-state index < -0.39 is 0 Å². The molecule has 1 aromatic carbocycles. The zero-order valence-electron chi connectivity index (χ0n) is 15.5. The molecule has 0 unspecified atom stereocenters. The van der Waals surface area contributed by atoms with Crippen LogP contribution in [0.15, 0.2) is 29.3 Å². The lowest BCUT2D eigenvalue weighted by Crippen LogP contribution is -2.37. The molecule has 1 aliphatic rings. The highest BCUT2D eigenvalue weighted by molar-refractivity contribution is 14.0. The van der Waals surface area contributed by atoms with Gasteiger partial charge in [0.1, 0.15) is 0 Å². The SMILES string of the molecule is Cc1[nH]c2ccccc2c1CCNC(N)=NCCCN1CCOCC1.I. The largest absolute Gasteiger partial charge is 0.379 e. The molecule has 0 bridgehead atoms. The van der Waals surface area contributed by atoms with Gasteiger partial charge in [0, 0.05) is 49.3 Å². The van der Waals surface area contributed by atoms with Crippen LogP contribution in [-0.2, 0) is 11.2 Å². The number of aromatic amines is 1. The van der Waals surface area contributed by atoms with E-state index in [1.165, 1.54) is 22.2 Å². The molecule has 4 N–H and O–H groups in total. The lowest BCUT2D eigenvalue weighted by molar-refractivity contribution is 0.0377. The number of para-hydroxylation sites is 1. The standard InChI is InChI=1S/C19H29N5O.HI/c1-15-16(17-5-2-3-6-18(17)23-15)7-9-22-19(20)21-8-4-10-24-11-13-25-14-12-24;/h2-3,5-6,23H,4,7-14H2,1H3,(H3,20,21,22);1H. The van der Waals surface area contributed by atoms with E-state index in [0.717, 1.165) is 58.8 Å². The van der Waals surface area contributed by atoms with Crippen LogP contribution in [0.3, 0.4) is 0 Å². The molecule has 0 aliphatic carbocycles. The van der Waals surface area contributed by atoms with Crippen LogP contribution in [-0.4, -0.2) is 61.8 Å². The second-order valence-corrected chi connectivity index (χ2v) is 6.53.